The maximum absolute atomic E-state index is 12.7. The van der Waals surface area contributed by atoms with Gasteiger partial charge in [-0.15, -0.1) is 0 Å². The van der Waals surface area contributed by atoms with Gasteiger partial charge in [-0.1, -0.05) is 50.9 Å². The Morgan fingerprint density at radius 2 is 1.62 bits per heavy atom. The number of hydrogen-bond acceptors (Lipinski definition) is 5. The van der Waals surface area contributed by atoms with Crippen LogP contribution in [0.15, 0.2) is 18.2 Å². The van der Waals surface area contributed by atoms with Gasteiger partial charge in [-0.25, -0.2) is 4.79 Å². The van der Waals surface area contributed by atoms with E-state index in [1.807, 2.05) is 0 Å². The third-order valence-corrected chi connectivity index (χ3v) is 4.55. The number of halogens is 2. The molecule has 0 bridgehead atoms. The van der Waals surface area contributed by atoms with Crippen molar-refractivity contribution in [2.45, 2.75) is 46.7 Å². The number of carbonyl (C=O) groups is 3. The molecule has 9 heteroatoms. The second-order valence-corrected chi connectivity index (χ2v) is 7.98. The van der Waals surface area contributed by atoms with Crippen molar-refractivity contribution in [2.24, 2.45) is 11.8 Å². The Kier molecular flexibility index (Phi) is 10.3. The zero-order valence-electron chi connectivity index (χ0n) is 17.3. The molecule has 0 aliphatic rings. The highest BCUT2D eigenvalue weighted by atomic mass is 35.5. The first kappa shape index (κ1) is 25.0. The van der Waals surface area contributed by atoms with Gasteiger partial charge in [0.1, 0.15) is 17.8 Å². The summed E-state index contributed by atoms with van der Waals surface area (Å²) in [7, 11) is 0. The molecule has 0 saturated carbocycles. The standard InChI is InChI=1S/C20H28Cl2N2O5/c1-6-28-20(27)18(12(4)5)24-19(26)17(11(2)3)23-16(25)10-29-15-8-7-13(21)9-14(15)22/h7-9,11-12,17-18H,6,10H2,1-5H3,(H,23,25)(H,24,26)/t17?,18-/m0/s1. The van der Waals surface area contributed by atoms with Crippen LogP contribution < -0.4 is 15.4 Å². The van der Waals surface area contributed by atoms with Crippen LogP contribution in [0.3, 0.4) is 0 Å². The van der Waals surface area contributed by atoms with E-state index in [1.165, 1.54) is 6.07 Å². The minimum atomic E-state index is -0.845. The molecule has 2 N–H and O–H groups in total. The fourth-order valence-corrected chi connectivity index (χ4v) is 2.92. The molecule has 1 unspecified atom stereocenters. The van der Waals surface area contributed by atoms with E-state index in [0.717, 1.165) is 0 Å². The number of ether oxygens (including phenoxy) is 2. The van der Waals surface area contributed by atoms with Crippen LogP contribution in [0.1, 0.15) is 34.6 Å². The van der Waals surface area contributed by atoms with Gasteiger partial charge in [0.25, 0.3) is 5.91 Å². The molecule has 0 aliphatic heterocycles. The zero-order chi connectivity index (χ0) is 22.1. The van der Waals surface area contributed by atoms with Gasteiger partial charge in [-0.2, -0.15) is 0 Å². The normalized spacial score (nSPS) is 13.0. The van der Waals surface area contributed by atoms with Crippen LogP contribution in [-0.2, 0) is 19.1 Å². The Balaban J connectivity index is 2.74. The number of amides is 2. The summed E-state index contributed by atoms with van der Waals surface area (Å²) < 4.78 is 10.4. The van der Waals surface area contributed by atoms with Crippen LogP contribution in [0.2, 0.25) is 10.0 Å². The number of nitrogens with one attached hydrogen (secondary N) is 2. The van der Waals surface area contributed by atoms with Crippen molar-refractivity contribution in [2.75, 3.05) is 13.2 Å². The minimum absolute atomic E-state index is 0.170. The molecule has 29 heavy (non-hydrogen) atoms. The molecule has 2 amide bonds. The average molecular weight is 447 g/mol. The maximum Gasteiger partial charge on any atom is 0.328 e. The molecule has 1 aromatic carbocycles. The molecule has 162 valence electrons. The van der Waals surface area contributed by atoms with Crippen molar-refractivity contribution in [1.29, 1.82) is 0 Å². The van der Waals surface area contributed by atoms with Gasteiger partial charge in [0.15, 0.2) is 6.61 Å². The highest BCUT2D eigenvalue weighted by Crippen LogP contribution is 2.27. The lowest BCUT2D eigenvalue weighted by atomic mass is 10.00. The molecule has 7 nitrogen and oxygen atoms in total. The Morgan fingerprint density at radius 3 is 2.14 bits per heavy atom. The lowest BCUT2D eigenvalue weighted by Crippen LogP contribution is -2.55. The summed E-state index contributed by atoms with van der Waals surface area (Å²) in [5, 5.41) is 6.03. The fourth-order valence-electron chi connectivity index (χ4n) is 2.46. The lowest BCUT2D eigenvalue weighted by molar-refractivity contribution is -0.149. The number of hydrogen-bond donors (Lipinski definition) is 2. The van der Waals surface area contributed by atoms with Gasteiger partial charge in [0, 0.05) is 5.02 Å². The predicted octanol–water partition coefficient (Wildman–Crippen LogP) is 3.22. The van der Waals surface area contributed by atoms with Crippen LogP contribution in [-0.4, -0.2) is 43.1 Å². The van der Waals surface area contributed by atoms with Crippen LogP contribution in [0.25, 0.3) is 0 Å². The lowest BCUT2D eigenvalue weighted by Gasteiger charge is -2.26. The van der Waals surface area contributed by atoms with E-state index in [2.05, 4.69) is 10.6 Å². The minimum Gasteiger partial charge on any atom is -0.482 e. The molecule has 0 saturated heterocycles. The zero-order valence-corrected chi connectivity index (χ0v) is 18.8. The molecule has 0 heterocycles. The van der Waals surface area contributed by atoms with Crippen LogP contribution in [0.5, 0.6) is 5.75 Å². The highest BCUT2D eigenvalue weighted by molar-refractivity contribution is 6.35. The van der Waals surface area contributed by atoms with Crippen molar-refractivity contribution in [3.63, 3.8) is 0 Å². The first-order valence-corrected chi connectivity index (χ1v) is 10.2. The fraction of sp³-hybridized carbons (Fsp3) is 0.550. The second kappa shape index (κ2) is 11.9. The molecule has 0 fully saturated rings. The third kappa shape index (κ3) is 8.11. The molecule has 0 aromatic heterocycles. The Morgan fingerprint density at radius 1 is 1.00 bits per heavy atom. The summed E-state index contributed by atoms with van der Waals surface area (Å²) in [6.07, 6.45) is 0. The first-order chi connectivity index (χ1) is 13.6. The number of rotatable bonds is 10. The Hall–Kier alpha value is -1.99. The SMILES string of the molecule is CCOC(=O)[C@@H](NC(=O)C(NC(=O)COc1ccc(Cl)cc1Cl)C(C)C)C(C)C. The van der Waals surface area contributed by atoms with E-state index in [1.54, 1.807) is 46.8 Å². The molecule has 1 rings (SSSR count). The summed E-state index contributed by atoms with van der Waals surface area (Å²) in [6, 6.07) is 3.00. The van der Waals surface area contributed by atoms with Crippen molar-refractivity contribution >= 4 is 41.0 Å². The third-order valence-electron chi connectivity index (χ3n) is 4.02. The summed E-state index contributed by atoms with van der Waals surface area (Å²) >= 11 is 11.8. The van der Waals surface area contributed by atoms with Gasteiger partial charge in [0.2, 0.25) is 5.91 Å². The van der Waals surface area contributed by atoms with Gasteiger partial charge < -0.3 is 20.1 Å². The van der Waals surface area contributed by atoms with Gasteiger partial charge >= 0.3 is 5.97 Å². The topological polar surface area (TPSA) is 93.7 Å². The average Bonchev–Trinajstić information content (AvgIpc) is 2.62. The highest BCUT2D eigenvalue weighted by Gasteiger charge is 2.31. The Bertz CT molecular complexity index is 725. The smallest absolute Gasteiger partial charge is 0.328 e. The van der Waals surface area contributed by atoms with Gasteiger partial charge in [-0.05, 0) is 37.0 Å². The van der Waals surface area contributed by atoms with E-state index in [4.69, 9.17) is 32.7 Å². The first-order valence-electron chi connectivity index (χ1n) is 9.41. The van der Waals surface area contributed by atoms with E-state index >= 15 is 0 Å². The molecule has 0 radical (unpaired) electrons. The van der Waals surface area contributed by atoms with E-state index in [9.17, 15) is 14.4 Å². The second-order valence-electron chi connectivity index (χ2n) is 7.13. The summed E-state index contributed by atoms with van der Waals surface area (Å²) in [4.78, 5) is 37.1. The summed E-state index contributed by atoms with van der Waals surface area (Å²) in [5.41, 5.74) is 0. The quantitative estimate of drug-likeness (QED) is 0.538. The van der Waals surface area contributed by atoms with Crippen molar-refractivity contribution in [3.8, 4) is 5.75 Å². The van der Waals surface area contributed by atoms with Gasteiger partial charge in [0.05, 0.1) is 11.6 Å². The largest absolute Gasteiger partial charge is 0.482 e. The predicted molar refractivity (Wildman–Crippen MR) is 112 cm³/mol. The van der Waals surface area contributed by atoms with Crippen LogP contribution >= 0.6 is 23.2 Å². The number of carbonyl (C=O) groups excluding carboxylic acids is 3. The number of benzene rings is 1. The Labute approximate surface area is 181 Å². The molecular weight excluding hydrogens is 419 g/mol. The van der Waals surface area contributed by atoms with Crippen molar-refractivity contribution in [1.82, 2.24) is 10.6 Å². The monoisotopic (exact) mass is 446 g/mol. The van der Waals surface area contributed by atoms with Gasteiger partial charge in [-0.3, -0.25) is 9.59 Å². The summed E-state index contributed by atoms with van der Waals surface area (Å²) in [5.74, 6) is -1.55. The number of esters is 1. The molecule has 0 aliphatic carbocycles. The van der Waals surface area contributed by atoms with Crippen molar-refractivity contribution < 1.29 is 23.9 Å². The van der Waals surface area contributed by atoms with Crippen molar-refractivity contribution in [3.05, 3.63) is 28.2 Å². The van der Waals surface area contributed by atoms with E-state index in [-0.39, 0.29) is 30.1 Å². The van der Waals surface area contributed by atoms with Crippen LogP contribution in [0.4, 0.5) is 0 Å². The molecule has 0 spiro atoms. The van der Waals surface area contributed by atoms with E-state index in [0.29, 0.717) is 10.8 Å². The van der Waals surface area contributed by atoms with Crippen LogP contribution in [0, 0.1) is 11.8 Å². The van der Waals surface area contributed by atoms with E-state index < -0.39 is 29.9 Å². The molecule has 2 atom stereocenters. The molecular formula is C20H28Cl2N2O5. The maximum atomic E-state index is 12.7. The summed E-state index contributed by atoms with van der Waals surface area (Å²) in [6.45, 7) is 8.76. The molecule has 1 aromatic rings.